The molecule has 0 fully saturated rings. The van der Waals surface area contributed by atoms with Crippen molar-refractivity contribution in [3.63, 3.8) is 0 Å². The summed E-state index contributed by atoms with van der Waals surface area (Å²) in [5.74, 6) is 0. The third kappa shape index (κ3) is 3.12. The standard InChI is InChI=1S/C15H20N2S/c1-3-17(11-15-5-4-10-18-15)14-8-6-13(7-9-14)12(2)16/h4-10,12H,3,11,16H2,1-2H3/t12-/m1/s1. The molecule has 0 amide bonds. The van der Waals surface area contributed by atoms with Crippen molar-refractivity contribution < 1.29 is 0 Å². The van der Waals surface area contributed by atoms with Crippen LogP contribution in [-0.4, -0.2) is 6.54 Å². The summed E-state index contributed by atoms with van der Waals surface area (Å²) in [4.78, 5) is 3.77. The molecule has 1 heterocycles. The van der Waals surface area contributed by atoms with E-state index in [1.165, 1.54) is 16.1 Å². The molecule has 3 heteroatoms. The van der Waals surface area contributed by atoms with Crippen molar-refractivity contribution in [2.24, 2.45) is 5.73 Å². The van der Waals surface area contributed by atoms with Crippen LogP contribution in [-0.2, 0) is 6.54 Å². The number of benzene rings is 1. The Morgan fingerprint density at radius 2 is 1.94 bits per heavy atom. The predicted molar refractivity (Wildman–Crippen MR) is 80.1 cm³/mol. The Kier molecular flexibility index (Phi) is 4.39. The lowest BCUT2D eigenvalue weighted by Gasteiger charge is -2.23. The van der Waals surface area contributed by atoms with Crippen molar-refractivity contribution in [1.82, 2.24) is 0 Å². The van der Waals surface area contributed by atoms with E-state index in [0.29, 0.717) is 0 Å². The number of nitrogens with two attached hydrogens (primary N) is 1. The molecule has 1 aromatic carbocycles. The maximum atomic E-state index is 5.87. The fourth-order valence-electron chi connectivity index (χ4n) is 1.97. The van der Waals surface area contributed by atoms with Crippen LogP contribution in [0.4, 0.5) is 5.69 Å². The summed E-state index contributed by atoms with van der Waals surface area (Å²) in [6.45, 7) is 6.19. The van der Waals surface area contributed by atoms with Gasteiger partial charge in [-0.2, -0.15) is 0 Å². The summed E-state index contributed by atoms with van der Waals surface area (Å²) < 4.78 is 0. The van der Waals surface area contributed by atoms with Gasteiger partial charge in [-0.1, -0.05) is 18.2 Å². The first-order valence-electron chi connectivity index (χ1n) is 6.33. The highest BCUT2D eigenvalue weighted by atomic mass is 32.1. The quantitative estimate of drug-likeness (QED) is 0.886. The molecule has 2 aromatic rings. The van der Waals surface area contributed by atoms with Crippen LogP contribution in [0.3, 0.4) is 0 Å². The van der Waals surface area contributed by atoms with E-state index >= 15 is 0 Å². The third-order valence-electron chi connectivity index (χ3n) is 3.09. The molecule has 0 saturated heterocycles. The maximum absolute atomic E-state index is 5.87. The molecule has 96 valence electrons. The summed E-state index contributed by atoms with van der Waals surface area (Å²) in [6.07, 6.45) is 0. The van der Waals surface area contributed by atoms with Crippen LogP contribution < -0.4 is 10.6 Å². The average molecular weight is 260 g/mol. The molecule has 0 saturated carbocycles. The van der Waals surface area contributed by atoms with Crippen LogP contribution in [0.15, 0.2) is 41.8 Å². The summed E-state index contributed by atoms with van der Waals surface area (Å²) in [7, 11) is 0. The lowest BCUT2D eigenvalue weighted by Crippen LogP contribution is -2.21. The number of rotatable bonds is 5. The topological polar surface area (TPSA) is 29.3 Å². The van der Waals surface area contributed by atoms with Gasteiger partial charge in [-0.3, -0.25) is 0 Å². The van der Waals surface area contributed by atoms with Gasteiger partial charge in [-0.25, -0.2) is 0 Å². The van der Waals surface area contributed by atoms with Gasteiger partial charge in [0.2, 0.25) is 0 Å². The molecule has 1 atom stereocenters. The minimum absolute atomic E-state index is 0.103. The second kappa shape index (κ2) is 6.03. The van der Waals surface area contributed by atoms with Gasteiger partial charge in [0.05, 0.1) is 6.54 Å². The van der Waals surface area contributed by atoms with Gasteiger partial charge >= 0.3 is 0 Å². The third-order valence-corrected chi connectivity index (χ3v) is 3.95. The molecule has 2 nitrogen and oxygen atoms in total. The summed E-state index contributed by atoms with van der Waals surface area (Å²) in [5, 5.41) is 2.13. The van der Waals surface area contributed by atoms with E-state index in [4.69, 9.17) is 5.73 Å². The molecule has 0 radical (unpaired) electrons. The highest BCUT2D eigenvalue weighted by molar-refractivity contribution is 7.09. The molecule has 2 rings (SSSR count). The van der Waals surface area contributed by atoms with Crippen molar-refractivity contribution in [2.45, 2.75) is 26.4 Å². The SMILES string of the molecule is CCN(Cc1cccs1)c1ccc([C@@H](C)N)cc1. The number of anilines is 1. The second-order valence-corrected chi connectivity index (χ2v) is 5.51. The van der Waals surface area contributed by atoms with Crippen molar-refractivity contribution in [2.75, 3.05) is 11.4 Å². The largest absolute Gasteiger partial charge is 0.367 e. The van der Waals surface area contributed by atoms with E-state index in [1.807, 2.05) is 18.3 Å². The Hall–Kier alpha value is -1.32. The average Bonchev–Trinajstić information content (AvgIpc) is 2.89. The molecular weight excluding hydrogens is 240 g/mol. The summed E-state index contributed by atoms with van der Waals surface area (Å²) in [5.41, 5.74) is 8.32. The number of hydrogen-bond donors (Lipinski definition) is 1. The highest BCUT2D eigenvalue weighted by Crippen LogP contribution is 2.21. The van der Waals surface area contributed by atoms with Gasteiger partial charge in [-0.15, -0.1) is 11.3 Å². The van der Waals surface area contributed by atoms with E-state index in [0.717, 1.165) is 13.1 Å². The lowest BCUT2D eigenvalue weighted by molar-refractivity contribution is 0.812. The fraction of sp³-hybridized carbons (Fsp3) is 0.333. The zero-order valence-corrected chi connectivity index (χ0v) is 11.8. The Morgan fingerprint density at radius 1 is 1.22 bits per heavy atom. The van der Waals surface area contributed by atoms with E-state index in [-0.39, 0.29) is 6.04 Å². The van der Waals surface area contributed by atoms with Gasteiger partial charge in [0, 0.05) is 23.2 Å². The van der Waals surface area contributed by atoms with Gasteiger partial charge in [0.1, 0.15) is 0 Å². The molecule has 0 aliphatic rings. The van der Waals surface area contributed by atoms with Crippen molar-refractivity contribution in [3.05, 3.63) is 52.2 Å². The molecule has 18 heavy (non-hydrogen) atoms. The van der Waals surface area contributed by atoms with E-state index in [1.54, 1.807) is 0 Å². The van der Waals surface area contributed by atoms with Crippen molar-refractivity contribution in [3.8, 4) is 0 Å². The van der Waals surface area contributed by atoms with Crippen LogP contribution in [0.25, 0.3) is 0 Å². The van der Waals surface area contributed by atoms with Gasteiger partial charge < -0.3 is 10.6 Å². The van der Waals surface area contributed by atoms with Crippen molar-refractivity contribution >= 4 is 17.0 Å². The first-order chi connectivity index (χ1) is 8.70. The lowest BCUT2D eigenvalue weighted by atomic mass is 10.1. The van der Waals surface area contributed by atoms with Crippen LogP contribution in [0.5, 0.6) is 0 Å². The van der Waals surface area contributed by atoms with Gasteiger partial charge in [0.25, 0.3) is 0 Å². The number of hydrogen-bond acceptors (Lipinski definition) is 3. The molecule has 0 spiro atoms. The highest BCUT2D eigenvalue weighted by Gasteiger charge is 2.06. The molecule has 1 aromatic heterocycles. The number of thiophene rings is 1. The first-order valence-corrected chi connectivity index (χ1v) is 7.21. The van der Waals surface area contributed by atoms with Crippen LogP contribution >= 0.6 is 11.3 Å². The predicted octanol–water partition coefficient (Wildman–Crippen LogP) is 3.79. The fourth-order valence-corrected chi connectivity index (χ4v) is 2.68. The molecule has 0 aliphatic heterocycles. The monoisotopic (exact) mass is 260 g/mol. The zero-order valence-electron chi connectivity index (χ0n) is 11.0. The van der Waals surface area contributed by atoms with Crippen LogP contribution in [0, 0.1) is 0 Å². The Bertz CT molecular complexity index is 460. The maximum Gasteiger partial charge on any atom is 0.0522 e. The molecule has 0 unspecified atom stereocenters. The van der Waals surface area contributed by atoms with Gasteiger partial charge in [0.15, 0.2) is 0 Å². The van der Waals surface area contributed by atoms with E-state index < -0.39 is 0 Å². The first kappa shape index (κ1) is 13.1. The van der Waals surface area contributed by atoms with E-state index in [2.05, 4.69) is 53.6 Å². The summed E-state index contributed by atoms with van der Waals surface area (Å²) in [6, 6.07) is 13.0. The van der Waals surface area contributed by atoms with Gasteiger partial charge in [-0.05, 0) is 43.0 Å². The van der Waals surface area contributed by atoms with Crippen molar-refractivity contribution in [1.29, 1.82) is 0 Å². The van der Waals surface area contributed by atoms with E-state index in [9.17, 15) is 0 Å². The Labute approximate surface area is 113 Å². The molecule has 0 aliphatic carbocycles. The summed E-state index contributed by atoms with van der Waals surface area (Å²) >= 11 is 1.81. The molecular formula is C15H20N2S. The molecule has 2 N–H and O–H groups in total. The zero-order chi connectivity index (χ0) is 13.0. The minimum atomic E-state index is 0.103. The minimum Gasteiger partial charge on any atom is -0.367 e. The van der Waals surface area contributed by atoms with Crippen LogP contribution in [0.2, 0.25) is 0 Å². The Morgan fingerprint density at radius 3 is 2.44 bits per heavy atom. The smallest absolute Gasteiger partial charge is 0.0522 e. The second-order valence-electron chi connectivity index (χ2n) is 4.47. The molecule has 0 bridgehead atoms. The normalized spacial score (nSPS) is 12.4. The Balaban J connectivity index is 2.12. The number of nitrogens with zero attached hydrogens (tertiary/aromatic N) is 1. The van der Waals surface area contributed by atoms with Crippen LogP contribution in [0.1, 0.15) is 30.3 Å².